The molecule has 1 aromatic rings. The summed E-state index contributed by atoms with van der Waals surface area (Å²) in [7, 11) is -4.46. The molecule has 2 N–H and O–H groups in total. The molecule has 116 valence electrons. The van der Waals surface area contributed by atoms with Crippen molar-refractivity contribution >= 4 is 19.8 Å². The molecular weight excluding hydrogens is 303 g/mol. The second-order valence-corrected chi connectivity index (χ2v) is 5.20. The number of esters is 2. The fourth-order valence-electron chi connectivity index (χ4n) is 1.34. The van der Waals surface area contributed by atoms with Crippen molar-refractivity contribution in [2.75, 3.05) is 13.4 Å². The summed E-state index contributed by atoms with van der Waals surface area (Å²) >= 11 is 0. The van der Waals surface area contributed by atoms with Gasteiger partial charge in [-0.3, -0.25) is 9.32 Å². The average molecular weight is 318 g/mol. The van der Waals surface area contributed by atoms with E-state index in [4.69, 9.17) is 14.5 Å². The molecule has 0 unspecified atom stereocenters. The number of rotatable bonds is 7. The van der Waals surface area contributed by atoms with Crippen LogP contribution in [0.3, 0.4) is 0 Å². The van der Waals surface area contributed by atoms with Crippen LogP contribution in [0.25, 0.3) is 0 Å². The van der Waals surface area contributed by atoms with E-state index in [2.05, 4.69) is 9.26 Å². The normalized spacial score (nSPS) is 11.0. The van der Waals surface area contributed by atoms with Crippen molar-refractivity contribution < 1.29 is 37.9 Å². The highest BCUT2D eigenvalue weighted by atomic mass is 31.2. The van der Waals surface area contributed by atoms with Crippen LogP contribution in [0.15, 0.2) is 24.3 Å². The maximum Gasteiger partial charge on any atom is 0.469 e. The lowest BCUT2D eigenvalue weighted by molar-refractivity contribution is -0.149. The first kappa shape index (κ1) is 17.3. The number of carbonyl (C=O) groups is 2. The molecule has 0 saturated heterocycles. The predicted octanol–water partition coefficient (Wildman–Crippen LogP) is 1.02. The minimum absolute atomic E-state index is 0.138. The van der Waals surface area contributed by atoms with E-state index in [1.54, 1.807) is 12.1 Å². The highest BCUT2D eigenvalue weighted by molar-refractivity contribution is 7.46. The van der Waals surface area contributed by atoms with Gasteiger partial charge in [0.15, 0.2) is 0 Å². The Morgan fingerprint density at radius 1 is 1.14 bits per heavy atom. The molecule has 21 heavy (non-hydrogen) atoms. The van der Waals surface area contributed by atoms with Crippen molar-refractivity contribution in [1.29, 1.82) is 0 Å². The van der Waals surface area contributed by atoms with Gasteiger partial charge >= 0.3 is 19.8 Å². The van der Waals surface area contributed by atoms with Crippen molar-refractivity contribution in [2.45, 2.75) is 13.3 Å². The number of phosphoric ester groups is 1. The quantitative estimate of drug-likeness (QED) is 0.434. The van der Waals surface area contributed by atoms with Gasteiger partial charge in [0.05, 0.1) is 12.2 Å². The maximum absolute atomic E-state index is 11.5. The molecule has 0 aliphatic rings. The van der Waals surface area contributed by atoms with E-state index in [-0.39, 0.29) is 18.6 Å². The Bertz CT molecular complexity index is 533. The van der Waals surface area contributed by atoms with Crippen LogP contribution < -0.4 is 0 Å². The van der Waals surface area contributed by atoms with E-state index in [9.17, 15) is 14.2 Å². The van der Waals surface area contributed by atoms with Crippen molar-refractivity contribution in [3.8, 4) is 0 Å². The van der Waals surface area contributed by atoms with E-state index in [0.29, 0.717) is 0 Å². The molecule has 0 heterocycles. The highest BCUT2D eigenvalue weighted by Gasteiger charge is 2.13. The van der Waals surface area contributed by atoms with Crippen molar-refractivity contribution in [3.63, 3.8) is 0 Å². The lowest BCUT2D eigenvalue weighted by Crippen LogP contribution is -2.11. The summed E-state index contributed by atoms with van der Waals surface area (Å²) in [6.45, 7) is 0.606. The molecule has 0 radical (unpaired) electrons. The molecule has 0 atom stereocenters. The standard InChI is InChI=1S/C12H15O8P/c1-9(13)18-8-19-12(14)11-4-2-10(3-5-11)6-7-20-21(15,16)17/h2-5H,6-8H2,1H3,(H2,15,16,17). The van der Waals surface area contributed by atoms with E-state index < -0.39 is 26.6 Å². The minimum atomic E-state index is -4.46. The fourth-order valence-corrected chi connectivity index (χ4v) is 1.67. The van der Waals surface area contributed by atoms with Gasteiger partial charge in [-0.1, -0.05) is 12.1 Å². The molecule has 8 nitrogen and oxygen atoms in total. The first-order chi connectivity index (χ1) is 9.78. The molecule has 0 aliphatic heterocycles. The summed E-state index contributed by atoms with van der Waals surface area (Å²) in [5.74, 6) is -1.20. The van der Waals surface area contributed by atoms with E-state index >= 15 is 0 Å². The van der Waals surface area contributed by atoms with Crippen LogP contribution in [0.4, 0.5) is 0 Å². The van der Waals surface area contributed by atoms with Gasteiger partial charge < -0.3 is 19.3 Å². The van der Waals surface area contributed by atoms with Gasteiger partial charge in [-0.2, -0.15) is 0 Å². The molecule has 0 bridgehead atoms. The fraction of sp³-hybridized carbons (Fsp3) is 0.333. The monoisotopic (exact) mass is 318 g/mol. The second kappa shape index (κ2) is 7.90. The van der Waals surface area contributed by atoms with Gasteiger partial charge in [-0.05, 0) is 24.1 Å². The van der Waals surface area contributed by atoms with Gasteiger partial charge in [0.2, 0.25) is 6.79 Å². The zero-order valence-corrected chi connectivity index (χ0v) is 12.1. The second-order valence-electron chi connectivity index (χ2n) is 3.96. The first-order valence-electron chi connectivity index (χ1n) is 5.87. The summed E-state index contributed by atoms with van der Waals surface area (Å²) < 4.78 is 24.0. The number of carbonyl (C=O) groups excluding carboxylic acids is 2. The lowest BCUT2D eigenvalue weighted by atomic mass is 10.1. The van der Waals surface area contributed by atoms with Crippen molar-refractivity contribution in [1.82, 2.24) is 0 Å². The molecule has 0 spiro atoms. The summed E-state index contributed by atoms with van der Waals surface area (Å²) in [5, 5.41) is 0. The maximum atomic E-state index is 11.5. The van der Waals surface area contributed by atoms with Gasteiger partial charge in [0.25, 0.3) is 0 Å². The van der Waals surface area contributed by atoms with Gasteiger partial charge in [-0.25, -0.2) is 9.36 Å². The lowest BCUT2D eigenvalue weighted by Gasteiger charge is -2.07. The zero-order chi connectivity index (χ0) is 15.9. The Morgan fingerprint density at radius 3 is 2.29 bits per heavy atom. The molecule has 0 saturated carbocycles. The van der Waals surface area contributed by atoms with Crippen LogP contribution >= 0.6 is 7.82 Å². The van der Waals surface area contributed by atoms with E-state index in [1.807, 2.05) is 0 Å². The summed E-state index contributed by atoms with van der Waals surface area (Å²) in [6, 6.07) is 6.18. The Hall–Kier alpha value is -1.73. The van der Waals surface area contributed by atoms with Crippen molar-refractivity contribution in [2.24, 2.45) is 0 Å². The zero-order valence-electron chi connectivity index (χ0n) is 11.2. The first-order valence-corrected chi connectivity index (χ1v) is 7.40. The van der Waals surface area contributed by atoms with Crippen LogP contribution in [-0.2, 0) is 29.8 Å². The van der Waals surface area contributed by atoms with Crippen LogP contribution in [0.5, 0.6) is 0 Å². The SMILES string of the molecule is CC(=O)OCOC(=O)c1ccc(CCOP(=O)(O)O)cc1. The molecule has 0 amide bonds. The Balaban J connectivity index is 2.44. The Morgan fingerprint density at radius 2 is 1.76 bits per heavy atom. The number of hydrogen-bond donors (Lipinski definition) is 2. The van der Waals surface area contributed by atoms with Crippen LogP contribution in [-0.4, -0.2) is 35.1 Å². The van der Waals surface area contributed by atoms with Gasteiger partial charge in [0, 0.05) is 6.92 Å². The number of benzene rings is 1. The third kappa shape index (κ3) is 7.57. The number of ether oxygens (including phenoxy) is 2. The summed E-state index contributed by atoms with van der Waals surface area (Å²) in [5.41, 5.74) is 1.00. The van der Waals surface area contributed by atoms with E-state index in [0.717, 1.165) is 5.56 Å². The van der Waals surface area contributed by atoms with Crippen LogP contribution in [0.1, 0.15) is 22.8 Å². The Kier molecular flexibility index (Phi) is 6.51. The minimum Gasteiger partial charge on any atom is -0.428 e. The number of hydrogen-bond acceptors (Lipinski definition) is 6. The summed E-state index contributed by atoms with van der Waals surface area (Å²) in [4.78, 5) is 39.1. The van der Waals surface area contributed by atoms with Gasteiger partial charge in [-0.15, -0.1) is 0 Å². The van der Waals surface area contributed by atoms with E-state index in [1.165, 1.54) is 19.1 Å². The highest BCUT2D eigenvalue weighted by Crippen LogP contribution is 2.35. The van der Waals surface area contributed by atoms with Crippen LogP contribution in [0, 0.1) is 0 Å². The third-order valence-corrected chi connectivity index (χ3v) is 2.81. The molecule has 0 fully saturated rings. The molecule has 1 rings (SSSR count). The van der Waals surface area contributed by atoms with Crippen molar-refractivity contribution in [3.05, 3.63) is 35.4 Å². The van der Waals surface area contributed by atoms with Gasteiger partial charge in [0.1, 0.15) is 0 Å². The topological polar surface area (TPSA) is 119 Å². The molecule has 9 heteroatoms. The molecular formula is C12H15O8P. The summed E-state index contributed by atoms with van der Waals surface area (Å²) in [6.07, 6.45) is 0.286. The third-order valence-electron chi connectivity index (χ3n) is 2.29. The Labute approximate surface area is 120 Å². The molecule has 0 aromatic heterocycles. The smallest absolute Gasteiger partial charge is 0.428 e. The molecule has 1 aromatic carbocycles. The molecule has 0 aliphatic carbocycles. The average Bonchev–Trinajstić information content (AvgIpc) is 2.37. The predicted molar refractivity (Wildman–Crippen MR) is 70.2 cm³/mol. The van der Waals surface area contributed by atoms with Crippen LogP contribution in [0.2, 0.25) is 0 Å². The largest absolute Gasteiger partial charge is 0.469 e. The number of phosphoric acid groups is 1.